The summed E-state index contributed by atoms with van der Waals surface area (Å²) in [5, 5.41) is 0.479. The maximum Gasteiger partial charge on any atom is 0.265 e. The first-order chi connectivity index (χ1) is 12.6. The van der Waals surface area contributed by atoms with E-state index >= 15 is 0 Å². The first-order valence-electron chi connectivity index (χ1n) is 8.82. The van der Waals surface area contributed by atoms with Crippen molar-refractivity contribution in [1.29, 1.82) is 0 Å². The van der Waals surface area contributed by atoms with Gasteiger partial charge < -0.3 is 9.64 Å². The van der Waals surface area contributed by atoms with Crippen LogP contribution in [0.5, 0.6) is 5.75 Å². The van der Waals surface area contributed by atoms with Crippen molar-refractivity contribution in [3.8, 4) is 5.75 Å². The molecule has 3 rings (SSSR count). The Hall–Kier alpha value is -2.53. The lowest BCUT2D eigenvalue weighted by atomic mass is 10.2. The molecule has 4 nitrogen and oxygen atoms in total. The summed E-state index contributed by atoms with van der Waals surface area (Å²) in [6, 6.07) is 16.0. The zero-order valence-electron chi connectivity index (χ0n) is 15.4. The topological polar surface area (TPSA) is 38.2 Å². The fourth-order valence-electron chi connectivity index (χ4n) is 2.75. The van der Waals surface area contributed by atoms with E-state index in [1.807, 2.05) is 50.2 Å². The molecule has 0 saturated heterocycles. The summed E-state index contributed by atoms with van der Waals surface area (Å²) < 4.78 is 5.97. The third-order valence-electron chi connectivity index (χ3n) is 4.22. The predicted octanol–water partition coefficient (Wildman–Crippen LogP) is 4.82. The third kappa shape index (κ3) is 4.35. The first-order valence-corrected chi connectivity index (χ1v) is 9.23. The molecular weight excluding hydrogens is 342 g/mol. The highest BCUT2D eigenvalue weighted by Gasteiger charge is 2.13. The molecule has 0 radical (unpaired) electrons. The van der Waals surface area contributed by atoms with Gasteiger partial charge >= 0.3 is 0 Å². The minimum Gasteiger partial charge on any atom is -0.432 e. The van der Waals surface area contributed by atoms with Gasteiger partial charge in [-0.15, -0.1) is 0 Å². The summed E-state index contributed by atoms with van der Waals surface area (Å²) in [5.74, 6) is 0.689. The molecule has 0 amide bonds. The Bertz CT molecular complexity index is 912. The molecule has 0 aliphatic heterocycles. The Morgan fingerprint density at radius 2 is 1.69 bits per heavy atom. The number of thiocarbonyl (C=S) groups is 1. The second kappa shape index (κ2) is 8.23. The highest BCUT2D eigenvalue weighted by Crippen LogP contribution is 2.20. The molecule has 26 heavy (non-hydrogen) atoms. The van der Waals surface area contributed by atoms with Crippen molar-refractivity contribution < 1.29 is 4.74 Å². The molecule has 1 aromatic heterocycles. The van der Waals surface area contributed by atoms with Crippen molar-refractivity contribution in [1.82, 2.24) is 14.9 Å². The van der Waals surface area contributed by atoms with E-state index in [0.29, 0.717) is 10.9 Å². The average molecular weight is 366 g/mol. The first kappa shape index (κ1) is 18.3. The van der Waals surface area contributed by atoms with Crippen molar-refractivity contribution in [2.24, 2.45) is 0 Å². The Morgan fingerprint density at radius 3 is 2.38 bits per heavy atom. The van der Waals surface area contributed by atoms with Gasteiger partial charge in [0.15, 0.2) is 0 Å². The van der Waals surface area contributed by atoms with E-state index in [0.717, 1.165) is 41.9 Å². The van der Waals surface area contributed by atoms with Gasteiger partial charge in [0.05, 0.1) is 22.4 Å². The molecule has 0 aliphatic carbocycles. The van der Waals surface area contributed by atoms with E-state index in [-0.39, 0.29) is 0 Å². The van der Waals surface area contributed by atoms with Gasteiger partial charge in [0.2, 0.25) is 0 Å². The number of aromatic nitrogens is 2. The fraction of sp³-hybridized carbons (Fsp3) is 0.286. The summed E-state index contributed by atoms with van der Waals surface area (Å²) in [6.07, 6.45) is 0.998. The molecule has 0 aliphatic rings. The summed E-state index contributed by atoms with van der Waals surface area (Å²) in [6.45, 7) is 7.65. The zero-order valence-corrected chi connectivity index (χ0v) is 16.2. The van der Waals surface area contributed by atoms with Gasteiger partial charge in [-0.05, 0) is 50.2 Å². The van der Waals surface area contributed by atoms with Gasteiger partial charge in [0.1, 0.15) is 5.75 Å². The van der Waals surface area contributed by atoms with Crippen molar-refractivity contribution in [2.45, 2.75) is 33.7 Å². The number of fused-ring (bicyclic) bond motifs is 1. The van der Waals surface area contributed by atoms with Gasteiger partial charge in [-0.1, -0.05) is 37.3 Å². The van der Waals surface area contributed by atoms with E-state index in [2.05, 4.69) is 33.9 Å². The standard InChI is InChI=1S/C21H23N3OS/c1-4-12-24(14-17-8-6-5-7-9-17)21(26)25-18-10-11-19-20(13-18)23-16(3)15(2)22-19/h5-11,13H,4,12,14H2,1-3H3. The Kier molecular flexibility index (Phi) is 5.78. The van der Waals surface area contributed by atoms with Crippen LogP contribution in [0.4, 0.5) is 0 Å². The van der Waals surface area contributed by atoms with Gasteiger partial charge in [-0.25, -0.2) is 9.97 Å². The van der Waals surface area contributed by atoms with Crippen LogP contribution >= 0.6 is 12.2 Å². The molecule has 0 fully saturated rings. The van der Waals surface area contributed by atoms with Crippen LogP contribution in [0.1, 0.15) is 30.3 Å². The largest absolute Gasteiger partial charge is 0.432 e. The fourth-order valence-corrected chi connectivity index (χ4v) is 3.00. The van der Waals surface area contributed by atoms with Crippen LogP contribution in [0, 0.1) is 13.8 Å². The Balaban J connectivity index is 1.78. The lowest BCUT2D eigenvalue weighted by Crippen LogP contribution is -2.33. The average Bonchev–Trinajstić information content (AvgIpc) is 2.63. The third-order valence-corrected chi connectivity index (χ3v) is 4.56. The van der Waals surface area contributed by atoms with Crippen LogP contribution < -0.4 is 4.74 Å². The van der Waals surface area contributed by atoms with Crippen LogP contribution in [-0.4, -0.2) is 26.6 Å². The summed E-state index contributed by atoms with van der Waals surface area (Å²) >= 11 is 5.56. The SMILES string of the molecule is CCCN(Cc1ccccc1)C(=S)Oc1ccc2nc(C)c(C)nc2c1. The van der Waals surface area contributed by atoms with E-state index < -0.39 is 0 Å². The maximum atomic E-state index is 5.97. The molecule has 2 aromatic carbocycles. The molecular formula is C21H23N3OS. The predicted molar refractivity (Wildman–Crippen MR) is 109 cm³/mol. The lowest BCUT2D eigenvalue weighted by molar-refractivity contribution is 0.345. The van der Waals surface area contributed by atoms with Crippen molar-refractivity contribution in [3.63, 3.8) is 0 Å². The monoisotopic (exact) mass is 365 g/mol. The molecule has 1 heterocycles. The normalized spacial score (nSPS) is 10.7. The summed E-state index contributed by atoms with van der Waals surface area (Å²) in [4.78, 5) is 11.2. The lowest BCUT2D eigenvalue weighted by Gasteiger charge is -2.24. The summed E-state index contributed by atoms with van der Waals surface area (Å²) in [5.41, 5.74) is 4.76. The highest BCUT2D eigenvalue weighted by atomic mass is 32.1. The van der Waals surface area contributed by atoms with E-state index in [1.54, 1.807) is 0 Å². The molecule has 5 heteroatoms. The minimum absolute atomic E-state index is 0.479. The maximum absolute atomic E-state index is 5.97. The molecule has 0 atom stereocenters. The van der Waals surface area contributed by atoms with Gasteiger partial charge in [-0.2, -0.15) is 0 Å². The molecule has 3 aromatic rings. The quantitative estimate of drug-likeness (QED) is 0.606. The minimum atomic E-state index is 0.479. The second-order valence-electron chi connectivity index (χ2n) is 6.32. The number of hydrogen-bond donors (Lipinski definition) is 0. The molecule has 0 spiro atoms. The number of nitrogens with zero attached hydrogens (tertiary/aromatic N) is 3. The van der Waals surface area contributed by atoms with Gasteiger partial charge in [0, 0.05) is 19.2 Å². The number of benzene rings is 2. The van der Waals surface area contributed by atoms with Crippen molar-refractivity contribution in [2.75, 3.05) is 6.54 Å². The van der Waals surface area contributed by atoms with Crippen molar-refractivity contribution >= 4 is 28.4 Å². The highest BCUT2D eigenvalue weighted by molar-refractivity contribution is 7.80. The van der Waals surface area contributed by atoms with Crippen LogP contribution in [0.2, 0.25) is 0 Å². The Morgan fingerprint density at radius 1 is 1.00 bits per heavy atom. The Labute approximate surface area is 159 Å². The van der Waals surface area contributed by atoms with Crippen LogP contribution in [-0.2, 0) is 6.54 Å². The van der Waals surface area contributed by atoms with Gasteiger partial charge in [0.25, 0.3) is 5.17 Å². The molecule has 134 valence electrons. The number of aryl methyl sites for hydroxylation is 2. The zero-order chi connectivity index (χ0) is 18.5. The number of rotatable bonds is 5. The number of hydrogen-bond acceptors (Lipinski definition) is 4. The molecule has 0 saturated carbocycles. The van der Waals surface area contributed by atoms with E-state index in [1.165, 1.54) is 5.56 Å². The van der Waals surface area contributed by atoms with Crippen LogP contribution in [0.15, 0.2) is 48.5 Å². The molecule has 0 N–H and O–H groups in total. The summed E-state index contributed by atoms with van der Waals surface area (Å²) in [7, 11) is 0. The van der Waals surface area contributed by atoms with E-state index in [9.17, 15) is 0 Å². The van der Waals surface area contributed by atoms with Crippen LogP contribution in [0.25, 0.3) is 11.0 Å². The number of ether oxygens (including phenoxy) is 1. The van der Waals surface area contributed by atoms with Crippen molar-refractivity contribution in [3.05, 3.63) is 65.5 Å². The molecule has 0 unspecified atom stereocenters. The second-order valence-corrected chi connectivity index (χ2v) is 6.67. The molecule has 0 bridgehead atoms. The smallest absolute Gasteiger partial charge is 0.265 e. The van der Waals surface area contributed by atoms with E-state index in [4.69, 9.17) is 17.0 Å². The van der Waals surface area contributed by atoms with Crippen LogP contribution in [0.3, 0.4) is 0 Å². The van der Waals surface area contributed by atoms with Gasteiger partial charge in [-0.3, -0.25) is 0 Å².